The van der Waals surface area contributed by atoms with Gasteiger partial charge in [-0.25, -0.2) is 4.98 Å². The number of likely N-dealkylation sites (tertiary alicyclic amines) is 1. The third-order valence-electron chi connectivity index (χ3n) is 7.03. The third-order valence-corrected chi connectivity index (χ3v) is 7.03. The van der Waals surface area contributed by atoms with Crippen LogP contribution in [0, 0.1) is 13.8 Å². The quantitative estimate of drug-likeness (QED) is 0.406. The highest BCUT2D eigenvalue weighted by Gasteiger charge is 2.31. The van der Waals surface area contributed by atoms with Crippen LogP contribution in [0.15, 0.2) is 54.9 Å². The number of benzene rings is 2. The second-order valence-electron chi connectivity index (χ2n) is 10.5. The van der Waals surface area contributed by atoms with Crippen molar-refractivity contribution in [3.05, 3.63) is 77.4 Å². The predicted molar refractivity (Wildman–Crippen MR) is 144 cm³/mol. The molecule has 6 heteroatoms. The standard InChI is InChI=1S/C30H41N3O3/c1-23(2)29-31-14-17-33(29)18-19-35-27-9-7-26(8-10-27)21-32-15-5-12-30(34,13-16-32)22-36-28-11-6-24(3)20-25(28)4/h6-11,14,17,20,23,34H,5,12-13,15-16,18-19,21-22H2,1-4H3/t30-/m1/s1. The van der Waals surface area contributed by atoms with Crippen molar-refractivity contribution in [2.24, 2.45) is 0 Å². The van der Waals surface area contributed by atoms with E-state index in [0.717, 1.165) is 61.9 Å². The van der Waals surface area contributed by atoms with Crippen LogP contribution < -0.4 is 9.47 Å². The van der Waals surface area contributed by atoms with E-state index in [4.69, 9.17) is 9.47 Å². The van der Waals surface area contributed by atoms with Gasteiger partial charge in [-0.15, -0.1) is 0 Å². The second kappa shape index (κ2) is 11.9. The van der Waals surface area contributed by atoms with Crippen LogP contribution in [0.2, 0.25) is 0 Å². The molecule has 0 radical (unpaired) electrons. The second-order valence-corrected chi connectivity index (χ2v) is 10.5. The van der Waals surface area contributed by atoms with Crippen LogP contribution in [0.1, 0.15) is 61.5 Å². The van der Waals surface area contributed by atoms with E-state index in [-0.39, 0.29) is 0 Å². The topological polar surface area (TPSA) is 59.8 Å². The summed E-state index contributed by atoms with van der Waals surface area (Å²) in [6.45, 7) is 12.9. The zero-order valence-corrected chi connectivity index (χ0v) is 22.2. The molecule has 1 fully saturated rings. The summed E-state index contributed by atoms with van der Waals surface area (Å²) < 4.78 is 14.2. The van der Waals surface area contributed by atoms with Gasteiger partial charge in [0.15, 0.2) is 0 Å². The molecule has 194 valence electrons. The smallest absolute Gasteiger partial charge is 0.122 e. The van der Waals surface area contributed by atoms with Crippen molar-refractivity contribution in [2.45, 2.75) is 71.6 Å². The van der Waals surface area contributed by atoms with E-state index in [2.05, 4.69) is 78.5 Å². The molecule has 1 aliphatic heterocycles. The summed E-state index contributed by atoms with van der Waals surface area (Å²) >= 11 is 0. The first-order valence-corrected chi connectivity index (χ1v) is 13.2. The van der Waals surface area contributed by atoms with Crippen molar-refractivity contribution in [1.82, 2.24) is 14.5 Å². The molecule has 0 saturated carbocycles. The maximum atomic E-state index is 11.2. The van der Waals surface area contributed by atoms with E-state index in [1.165, 1.54) is 11.1 Å². The summed E-state index contributed by atoms with van der Waals surface area (Å²) in [7, 11) is 0. The Morgan fingerprint density at radius 2 is 1.83 bits per heavy atom. The molecule has 4 rings (SSSR count). The summed E-state index contributed by atoms with van der Waals surface area (Å²) in [5, 5.41) is 11.2. The highest BCUT2D eigenvalue weighted by molar-refractivity contribution is 5.35. The lowest BCUT2D eigenvalue weighted by Gasteiger charge is -2.27. The zero-order valence-electron chi connectivity index (χ0n) is 22.2. The van der Waals surface area contributed by atoms with E-state index >= 15 is 0 Å². The maximum Gasteiger partial charge on any atom is 0.122 e. The van der Waals surface area contributed by atoms with Crippen LogP contribution in [-0.4, -0.2) is 51.5 Å². The molecule has 3 aromatic rings. The van der Waals surface area contributed by atoms with Gasteiger partial charge in [0.2, 0.25) is 0 Å². The van der Waals surface area contributed by atoms with E-state index in [0.29, 0.717) is 25.6 Å². The van der Waals surface area contributed by atoms with Crippen LogP contribution in [0.4, 0.5) is 0 Å². The van der Waals surface area contributed by atoms with Crippen LogP contribution in [-0.2, 0) is 13.1 Å². The van der Waals surface area contributed by atoms with Gasteiger partial charge in [0, 0.05) is 31.4 Å². The molecule has 1 saturated heterocycles. The number of ether oxygens (including phenoxy) is 2. The van der Waals surface area contributed by atoms with Crippen LogP contribution in [0.5, 0.6) is 11.5 Å². The molecular weight excluding hydrogens is 450 g/mol. The predicted octanol–water partition coefficient (Wildman–Crippen LogP) is 5.50. The minimum absolute atomic E-state index is 0.342. The first kappa shape index (κ1) is 26.2. The molecule has 2 aromatic carbocycles. The lowest BCUT2D eigenvalue weighted by molar-refractivity contribution is -0.0170. The van der Waals surface area contributed by atoms with Crippen molar-refractivity contribution < 1.29 is 14.6 Å². The zero-order chi connectivity index (χ0) is 25.5. The number of nitrogens with zero attached hydrogens (tertiary/aromatic N) is 3. The van der Waals surface area contributed by atoms with Crippen LogP contribution in [0.3, 0.4) is 0 Å². The average Bonchev–Trinajstić information content (AvgIpc) is 3.24. The minimum atomic E-state index is -0.783. The Balaban J connectivity index is 1.23. The number of aryl methyl sites for hydroxylation is 2. The van der Waals surface area contributed by atoms with Crippen molar-refractivity contribution in [3.63, 3.8) is 0 Å². The summed E-state index contributed by atoms with van der Waals surface area (Å²) in [5.74, 6) is 3.25. The molecule has 2 heterocycles. The Labute approximate surface area is 215 Å². The number of aliphatic hydroxyl groups is 1. The molecule has 1 N–H and O–H groups in total. The van der Waals surface area contributed by atoms with Gasteiger partial charge in [-0.1, -0.05) is 43.7 Å². The molecule has 0 spiro atoms. The first-order valence-electron chi connectivity index (χ1n) is 13.2. The molecule has 6 nitrogen and oxygen atoms in total. The van der Waals surface area contributed by atoms with Gasteiger partial charge < -0.3 is 19.1 Å². The van der Waals surface area contributed by atoms with Gasteiger partial charge in [0.1, 0.15) is 30.5 Å². The Kier molecular flexibility index (Phi) is 8.70. The van der Waals surface area contributed by atoms with Crippen molar-refractivity contribution >= 4 is 0 Å². The number of hydrogen-bond donors (Lipinski definition) is 1. The highest BCUT2D eigenvalue weighted by atomic mass is 16.5. The molecular formula is C30H41N3O3. The molecule has 1 aliphatic rings. The first-order chi connectivity index (χ1) is 17.3. The van der Waals surface area contributed by atoms with Gasteiger partial charge >= 0.3 is 0 Å². The highest BCUT2D eigenvalue weighted by Crippen LogP contribution is 2.27. The molecule has 0 amide bonds. The number of rotatable bonds is 10. The van der Waals surface area contributed by atoms with Gasteiger partial charge in [-0.3, -0.25) is 4.90 Å². The molecule has 36 heavy (non-hydrogen) atoms. The Morgan fingerprint density at radius 3 is 2.58 bits per heavy atom. The SMILES string of the molecule is Cc1ccc(OC[C@@]2(O)CCCN(Cc3ccc(OCCn4ccnc4C(C)C)cc3)CC2)c(C)c1. The largest absolute Gasteiger partial charge is 0.492 e. The summed E-state index contributed by atoms with van der Waals surface area (Å²) in [6, 6.07) is 14.6. The fourth-order valence-corrected chi connectivity index (χ4v) is 4.93. The van der Waals surface area contributed by atoms with Crippen molar-refractivity contribution in [2.75, 3.05) is 26.3 Å². The Bertz CT molecular complexity index is 1110. The van der Waals surface area contributed by atoms with Crippen molar-refractivity contribution in [3.8, 4) is 11.5 Å². The lowest BCUT2D eigenvalue weighted by Crippen LogP contribution is -2.37. The number of hydrogen-bond acceptors (Lipinski definition) is 5. The molecule has 0 aliphatic carbocycles. The fraction of sp³-hybridized carbons (Fsp3) is 0.500. The van der Waals surface area contributed by atoms with Crippen molar-refractivity contribution in [1.29, 1.82) is 0 Å². The molecule has 1 atom stereocenters. The van der Waals surface area contributed by atoms with E-state index < -0.39 is 5.60 Å². The van der Waals surface area contributed by atoms with E-state index in [1.54, 1.807) is 0 Å². The van der Waals surface area contributed by atoms with Gasteiger partial charge in [0.25, 0.3) is 0 Å². The molecule has 0 unspecified atom stereocenters. The molecule has 0 bridgehead atoms. The van der Waals surface area contributed by atoms with Gasteiger partial charge in [-0.2, -0.15) is 0 Å². The van der Waals surface area contributed by atoms with E-state index in [9.17, 15) is 5.11 Å². The lowest BCUT2D eigenvalue weighted by atomic mass is 9.96. The minimum Gasteiger partial charge on any atom is -0.492 e. The van der Waals surface area contributed by atoms with Gasteiger partial charge in [-0.05, 0) is 69.0 Å². The monoisotopic (exact) mass is 491 g/mol. The Hall–Kier alpha value is -2.83. The maximum absolute atomic E-state index is 11.2. The number of imidazole rings is 1. The Morgan fingerprint density at radius 1 is 1.03 bits per heavy atom. The third kappa shape index (κ3) is 7.11. The summed E-state index contributed by atoms with van der Waals surface area (Å²) in [6.07, 6.45) is 6.30. The van der Waals surface area contributed by atoms with Gasteiger partial charge in [0.05, 0.1) is 12.1 Å². The summed E-state index contributed by atoms with van der Waals surface area (Å²) in [5.41, 5.74) is 2.81. The van der Waals surface area contributed by atoms with Crippen LogP contribution >= 0.6 is 0 Å². The summed E-state index contributed by atoms with van der Waals surface area (Å²) in [4.78, 5) is 6.86. The average molecular weight is 492 g/mol. The normalized spacial score (nSPS) is 18.8. The molecule has 1 aromatic heterocycles. The van der Waals surface area contributed by atoms with E-state index in [1.807, 2.05) is 18.5 Å². The van der Waals surface area contributed by atoms with Crippen LogP contribution in [0.25, 0.3) is 0 Å². The fourth-order valence-electron chi connectivity index (χ4n) is 4.93. The number of aromatic nitrogens is 2.